The van der Waals surface area contributed by atoms with Crippen LogP contribution in [0.2, 0.25) is 0 Å². The first-order valence-electron chi connectivity index (χ1n) is 3.57. The summed E-state index contributed by atoms with van der Waals surface area (Å²) in [5, 5.41) is -0.194. The van der Waals surface area contributed by atoms with Crippen molar-refractivity contribution in [2.75, 3.05) is 0 Å². The van der Waals surface area contributed by atoms with Gasteiger partial charge in [-0.3, -0.25) is 0 Å². The zero-order valence-corrected chi connectivity index (χ0v) is 8.31. The van der Waals surface area contributed by atoms with Gasteiger partial charge in [0, 0.05) is 4.86 Å². The van der Waals surface area contributed by atoms with Crippen molar-refractivity contribution in [3.05, 3.63) is 11.9 Å². The summed E-state index contributed by atoms with van der Waals surface area (Å²) in [7, 11) is 0. The molecule has 0 aliphatic carbocycles. The van der Waals surface area contributed by atoms with Crippen LogP contribution < -0.4 is 0 Å². The first kappa shape index (κ1) is 11.1. The summed E-state index contributed by atoms with van der Waals surface area (Å²) >= 11 is 10.8. The van der Waals surface area contributed by atoms with Gasteiger partial charge in [-0.1, -0.05) is 25.2 Å². The highest BCUT2D eigenvalue weighted by molar-refractivity contribution is 7.80. The lowest BCUT2D eigenvalue weighted by Gasteiger charge is -2.04. The third-order valence-corrected chi connectivity index (χ3v) is 2.45. The minimum Gasteiger partial charge on any atom is -0.212 e. The topological polar surface area (TPSA) is 0 Å². The molecule has 0 saturated heterocycles. The van der Waals surface area contributed by atoms with Gasteiger partial charge in [-0.15, -0.1) is 11.6 Å². The highest BCUT2D eigenvalue weighted by Gasteiger charge is 2.06. The van der Waals surface area contributed by atoms with Crippen LogP contribution in [0.1, 0.15) is 26.7 Å². The maximum Gasteiger partial charge on any atom is 0.0929 e. The first-order valence-corrected chi connectivity index (χ1v) is 4.41. The normalized spacial score (nSPS) is 14.7. The molecule has 0 N–H and O–H groups in total. The lowest BCUT2D eigenvalue weighted by atomic mass is 10.2. The van der Waals surface area contributed by atoms with Gasteiger partial charge >= 0.3 is 0 Å². The molecular weight excluding hydrogens is 183 g/mol. The first-order chi connectivity index (χ1) is 5.07. The molecule has 0 bridgehead atoms. The van der Waals surface area contributed by atoms with Crippen LogP contribution in [0.3, 0.4) is 0 Å². The van der Waals surface area contributed by atoms with Gasteiger partial charge in [0.1, 0.15) is 0 Å². The smallest absolute Gasteiger partial charge is 0.0929 e. The van der Waals surface area contributed by atoms with Gasteiger partial charge in [0.05, 0.1) is 11.2 Å². The molecule has 0 radical (unpaired) electrons. The second-order valence-corrected chi connectivity index (χ2v) is 3.37. The van der Waals surface area contributed by atoms with Crippen LogP contribution in [0.15, 0.2) is 11.9 Å². The molecule has 0 heterocycles. The fourth-order valence-corrected chi connectivity index (χ4v) is 0.958. The van der Waals surface area contributed by atoms with E-state index in [2.05, 4.69) is 0 Å². The van der Waals surface area contributed by atoms with Gasteiger partial charge in [0.25, 0.3) is 0 Å². The number of allylic oxidation sites excluding steroid dienone is 2. The van der Waals surface area contributed by atoms with Crippen LogP contribution in [0.4, 0.5) is 4.39 Å². The Kier molecular flexibility index (Phi) is 5.69. The summed E-state index contributed by atoms with van der Waals surface area (Å²) in [6.45, 7) is 3.35. The number of alkyl halides is 1. The third kappa shape index (κ3) is 5.33. The quantitative estimate of drug-likeness (QED) is 0.487. The van der Waals surface area contributed by atoms with Gasteiger partial charge in [-0.25, -0.2) is 4.39 Å². The van der Waals surface area contributed by atoms with Crippen molar-refractivity contribution in [3.63, 3.8) is 0 Å². The van der Waals surface area contributed by atoms with E-state index in [1.165, 1.54) is 13.0 Å². The highest BCUT2D eigenvalue weighted by Crippen LogP contribution is 2.10. The molecule has 1 unspecified atom stereocenters. The maximum atomic E-state index is 12.2. The Morgan fingerprint density at radius 3 is 2.64 bits per heavy atom. The van der Waals surface area contributed by atoms with Crippen molar-refractivity contribution in [2.24, 2.45) is 0 Å². The molecule has 0 saturated carbocycles. The lowest BCUT2D eigenvalue weighted by Crippen LogP contribution is -2.09. The van der Waals surface area contributed by atoms with Crippen molar-refractivity contribution in [1.29, 1.82) is 0 Å². The van der Waals surface area contributed by atoms with E-state index >= 15 is 0 Å². The molecule has 0 aliphatic rings. The summed E-state index contributed by atoms with van der Waals surface area (Å²) in [6, 6.07) is 0. The largest absolute Gasteiger partial charge is 0.212 e. The molecule has 64 valence electrons. The fourth-order valence-electron chi connectivity index (χ4n) is 0.619. The highest BCUT2D eigenvalue weighted by atomic mass is 35.5. The predicted molar refractivity (Wildman–Crippen MR) is 52.0 cm³/mol. The van der Waals surface area contributed by atoms with Crippen LogP contribution >= 0.6 is 23.8 Å². The number of hydrogen-bond donors (Lipinski definition) is 0. The van der Waals surface area contributed by atoms with Crippen molar-refractivity contribution in [2.45, 2.75) is 32.1 Å². The molecule has 0 rings (SSSR count). The van der Waals surface area contributed by atoms with E-state index < -0.39 is 0 Å². The summed E-state index contributed by atoms with van der Waals surface area (Å²) in [4.78, 5) is 0.796. The standard InChI is InChI=1S/C8H12ClFS/c1-3-8(11)7(9)5-4-6(2)10/h4,7H,3,5H2,1-2H3. The molecule has 0 nitrogen and oxygen atoms in total. The van der Waals surface area contributed by atoms with Gasteiger partial charge in [0.15, 0.2) is 0 Å². The van der Waals surface area contributed by atoms with E-state index in [0.717, 1.165) is 11.3 Å². The van der Waals surface area contributed by atoms with Crippen molar-refractivity contribution < 1.29 is 4.39 Å². The fraction of sp³-hybridized carbons (Fsp3) is 0.625. The van der Waals surface area contributed by atoms with Crippen LogP contribution in [0.5, 0.6) is 0 Å². The number of halogens is 2. The summed E-state index contributed by atoms with van der Waals surface area (Å²) < 4.78 is 12.2. The average molecular weight is 195 g/mol. The molecular formula is C8H12ClFS. The molecule has 0 spiro atoms. The minimum atomic E-state index is -0.199. The van der Waals surface area contributed by atoms with Crippen LogP contribution in [-0.4, -0.2) is 10.2 Å². The van der Waals surface area contributed by atoms with E-state index in [9.17, 15) is 4.39 Å². The van der Waals surface area contributed by atoms with Gasteiger partial charge in [-0.05, 0) is 19.8 Å². The molecule has 0 aromatic rings. The van der Waals surface area contributed by atoms with Crippen molar-refractivity contribution in [1.82, 2.24) is 0 Å². The Morgan fingerprint density at radius 2 is 2.27 bits per heavy atom. The van der Waals surface area contributed by atoms with E-state index in [0.29, 0.717) is 6.42 Å². The zero-order chi connectivity index (χ0) is 8.85. The van der Waals surface area contributed by atoms with E-state index in [1.54, 1.807) is 0 Å². The van der Waals surface area contributed by atoms with Crippen LogP contribution in [-0.2, 0) is 0 Å². The average Bonchev–Trinajstić information content (AvgIpc) is 1.98. The van der Waals surface area contributed by atoms with E-state index in [1.807, 2.05) is 6.92 Å². The molecule has 3 heteroatoms. The number of rotatable bonds is 4. The Labute approximate surface area is 77.4 Å². The zero-order valence-electron chi connectivity index (χ0n) is 6.73. The van der Waals surface area contributed by atoms with Gasteiger partial charge in [0.2, 0.25) is 0 Å². The molecule has 0 fully saturated rings. The molecule has 1 atom stereocenters. The maximum absolute atomic E-state index is 12.2. The number of thiocarbonyl (C=S) groups is 1. The Balaban J connectivity index is 3.78. The second kappa shape index (κ2) is 5.67. The SMILES string of the molecule is CCC(=S)C(Cl)CC=C(C)F. The van der Waals surface area contributed by atoms with E-state index in [-0.39, 0.29) is 11.2 Å². The molecule has 0 amide bonds. The van der Waals surface area contributed by atoms with E-state index in [4.69, 9.17) is 23.8 Å². The molecule has 0 aromatic carbocycles. The Hall–Kier alpha value is 0.0500. The van der Waals surface area contributed by atoms with Crippen molar-refractivity contribution >= 4 is 28.7 Å². The monoisotopic (exact) mass is 194 g/mol. The predicted octanol–water partition coefficient (Wildman–Crippen LogP) is 3.64. The third-order valence-electron chi connectivity index (χ3n) is 1.30. The summed E-state index contributed by atoms with van der Waals surface area (Å²) in [5.74, 6) is -0.199. The summed E-state index contributed by atoms with van der Waals surface area (Å²) in [5.41, 5.74) is 0. The van der Waals surface area contributed by atoms with Crippen LogP contribution in [0.25, 0.3) is 0 Å². The Morgan fingerprint density at radius 1 is 1.73 bits per heavy atom. The van der Waals surface area contributed by atoms with Crippen molar-refractivity contribution in [3.8, 4) is 0 Å². The van der Waals surface area contributed by atoms with Gasteiger partial charge < -0.3 is 0 Å². The summed E-state index contributed by atoms with van der Waals surface area (Å²) in [6.07, 6.45) is 2.73. The molecule has 11 heavy (non-hydrogen) atoms. The van der Waals surface area contributed by atoms with Gasteiger partial charge in [-0.2, -0.15) is 0 Å². The Bertz CT molecular complexity index is 161. The van der Waals surface area contributed by atoms with Crippen LogP contribution in [0, 0.1) is 0 Å². The molecule has 0 aliphatic heterocycles. The minimum absolute atomic E-state index is 0.194. The number of hydrogen-bond acceptors (Lipinski definition) is 1. The molecule has 0 aromatic heterocycles. The second-order valence-electron chi connectivity index (χ2n) is 2.31. The lowest BCUT2D eigenvalue weighted by molar-refractivity contribution is 0.634.